The van der Waals surface area contributed by atoms with Gasteiger partial charge in [0.05, 0.1) is 0 Å². The quantitative estimate of drug-likeness (QED) is 0.545. The fourth-order valence-electron chi connectivity index (χ4n) is 1.93. The van der Waals surface area contributed by atoms with Crippen LogP contribution in [0.1, 0.15) is 19.3 Å². The number of nitrogens with one attached hydrogen (secondary N) is 2. The lowest BCUT2D eigenvalue weighted by Crippen LogP contribution is -2.43. The van der Waals surface area contributed by atoms with Gasteiger partial charge in [0.15, 0.2) is 0 Å². The summed E-state index contributed by atoms with van der Waals surface area (Å²) in [6.07, 6.45) is 0.996. The first kappa shape index (κ1) is 14.8. The molecule has 0 aromatic heterocycles. The number of β-lactam (4-membered cyclic amide) rings is 1. The fourth-order valence-corrected chi connectivity index (χ4v) is 1.93. The first-order valence-electron chi connectivity index (χ1n) is 6.73. The second-order valence-electron chi connectivity index (χ2n) is 4.72. The molecule has 3 N–H and O–H groups in total. The van der Waals surface area contributed by atoms with Gasteiger partial charge in [0.1, 0.15) is 0 Å². The zero-order chi connectivity index (χ0) is 15.2. The van der Waals surface area contributed by atoms with Gasteiger partial charge in [-0.25, -0.2) is 4.79 Å². The number of aliphatic carboxylic acids is 1. The molecule has 1 heterocycles. The third-order valence-electron chi connectivity index (χ3n) is 3.14. The topological polar surface area (TPSA) is 98.7 Å². The van der Waals surface area contributed by atoms with Gasteiger partial charge in [-0.2, -0.15) is 0 Å². The first-order chi connectivity index (χ1) is 10.1. The molecule has 3 amide bonds. The van der Waals surface area contributed by atoms with Gasteiger partial charge in [0.2, 0.25) is 5.91 Å². The van der Waals surface area contributed by atoms with E-state index in [1.54, 1.807) is 29.2 Å². The number of benzene rings is 1. The van der Waals surface area contributed by atoms with Crippen molar-refractivity contribution < 1.29 is 19.5 Å². The molecule has 2 rings (SSSR count). The van der Waals surface area contributed by atoms with Crippen molar-refractivity contribution in [2.24, 2.45) is 0 Å². The third-order valence-corrected chi connectivity index (χ3v) is 3.14. The summed E-state index contributed by atoms with van der Waals surface area (Å²) in [7, 11) is 0. The molecule has 0 spiro atoms. The van der Waals surface area contributed by atoms with E-state index in [2.05, 4.69) is 10.6 Å². The molecule has 21 heavy (non-hydrogen) atoms. The number of carbonyl (C=O) groups excluding carboxylic acids is 2. The average molecular weight is 291 g/mol. The predicted octanol–water partition coefficient (Wildman–Crippen LogP) is 1.41. The molecular formula is C14H17N3O4. The van der Waals surface area contributed by atoms with Crippen LogP contribution in [0.4, 0.5) is 16.2 Å². The monoisotopic (exact) mass is 291 g/mol. The molecule has 1 saturated heterocycles. The van der Waals surface area contributed by atoms with Gasteiger partial charge in [-0.3, -0.25) is 9.59 Å². The van der Waals surface area contributed by atoms with Crippen molar-refractivity contribution in [2.45, 2.75) is 19.3 Å². The Balaban J connectivity index is 1.76. The van der Waals surface area contributed by atoms with Crippen LogP contribution in [0.5, 0.6) is 0 Å². The number of hydrogen-bond acceptors (Lipinski definition) is 3. The van der Waals surface area contributed by atoms with Crippen LogP contribution in [0.25, 0.3) is 0 Å². The Labute approximate surface area is 121 Å². The van der Waals surface area contributed by atoms with Crippen molar-refractivity contribution in [3.05, 3.63) is 24.3 Å². The highest BCUT2D eigenvalue weighted by Crippen LogP contribution is 2.23. The minimum atomic E-state index is -0.881. The standard InChI is InChI=1S/C14H17N3O4/c18-12-7-9-17(12)11-5-3-10(4-6-11)16-14(21)15-8-1-2-13(19)20/h3-6H,1-2,7-9H2,(H,19,20)(H2,15,16,21). The number of hydrogen-bond donors (Lipinski definition) is 3. The fraction of sp³-hybridized carbons (Fsp3) is 0.357. The van der Waals surface area contributed by atoms with Gasteiger partial charge >= 0.3 is 12.0 Å². The molecule has 1 aromatic rings. The van der Waals surface area contributed by atoms with Gasteiger partial charge in [0, 0.05) is 37.3 Å². The summed E-state index contributed by atoms with van der Waals surface area (Å²) in [5, 5.41) is 13.7. The third kappa shape index (κ3) is 4.20. The highest BCUT2D eigenvalue weighted by Gasteiger charge is 2.24. The van der Waals surface area contributed by atoms with Crippen molar-refractivity contribution in [3.63, 3.8) is 0 Å². The maximum atomic E-state index is 11.6. The zero-order valence-corrected chi connectivity index (χ0v) is 11.5. The zero-order valence-electron chi connectivity index (χ0n) is 11.5. The molecular weight excluding hydrogens is 274 g/mol. The molecule has 1 aliphatic rings. The van der Waals surface area contributed by atoms with Crippen LogP contribution in [0.15, 0.2) is 24.3 Å². The summed E-state index contributed by atoms with van der Waals surface area (Å²) in [6.45, 7) is 1.04. The maximum absolute atomic E-state index is 11.6. The molecule has 0 unspecified atom stereocenters. The molecule has 0 saturated carbocycles. The van der Waals surface area contributed by atoms with Crippen molar-refractivity contribution in [3.8, 4) is 0 Å². The number of rotatable bonds is 6. The second-order valence-corrected chi connectivity index (χ2v) is 4.72. The van der Waals surface area contributed by atoms with E-state index in [-0.39, 0.29) is 18.4 Å². The van der Waals surface area contributed by atoms with E-state index in [1.165, 1.54) is 0 Å². The van der Waals surface area contributed by atoms with Crippen molar-refractivity contribution >= 4 is 29.3 Å². The summed E-state index contributed by atoms with van der Waals surface area (Å²) >= 11 is 0. The van der Waals surface area contributed by atoms with Gasteiger partial charge < -0.3 is 20.6 Å². The number of amides is 3. The Hall–Kier alpha value is -2.57. The molecule has 7 nitrogen and oxygen atoms in total. The van der Waals surface area contributed by atoms with Crippen LogP contribution in [0.2, 0.25) is 0 Å². The Morgan fingerprint density at radius 2 is 1.95 bits per heavy atom. The Morgan fingerprint density at radius 3 is 2.48 bits per heavy atom. The lowest BCUT2D eigenvalue weighted by molar-refractivity contribution is -0.137. The van der Waals surface area contributed by atoms with Gasteiger partial charge in [0.25, 0.3) is 0 Å². The summed E-state index contributed by atoms with van der Waals surface area (Å²) in [4.78, 5) is 34.8. The van der Waals surface area contributed by atoms with E-state index in [4.69, 9.17) is 5.11 Å². The number of carboxylic acids is 1. The predicted molar refractivity (Wildman–Crippen MR) is 77.3 cm³/mol. The van der Waals surface area contributed by atoms with E-state index in [0.29, 0.717) is 25.1 Å². The van der Waals surface area contributed by atoms with Crippen molar-refractivity contribution in [1.82, 2.24) is 5.32 Å². The lowest BCUT2D eigenvalue weighted by Gasteiger charge is -2.30. The summed E-state index contributed by atoms with van der Waals surface area (Å²) in [6, 6.07) is 6.61. The van der Waals surface area contributed by atoms with Crippen molar-refractivity contribution in [1.29, 1.82) is 0 Å². The minimum absolute atomic E-state index is 0.0266. The molecule has 7 heteroatoms. The number of nitrogens with zero attached hydrogens (tertiary/aromatic N) is 1. The van der Waals surface area contributed by atoms with Crippen LogP contribution in [0, 0.1) is 0 Å². The summed E-state index contributed by atoms with van der Waals surface area (Å²) in [5.74, 6) is -0.778. The highest BCUT2D eigenvalue weighted by atomic mass is 16.4. The Bertz CT molecular complexity index is 542. The van der Waals surface area contributed by atoms with E-state index >= 15 is 0 Å². The van der Waals surface area contributed by atoms with E-state index < -0.39 is 5.97 Å². The van der Waals surface area contributed by atoms with Crippen LogP contribution in [-0.2, 0) is 9.59 Å². The number of carbonyl (C=O) groups is 3. The summed E-state index contributed by atoms with van der Waals surface area (Å²) in [5.41, 5.74) is 1.43. The van der Waals surface area contributed by atoms with E-state index in [1.807, 2.05) is 0 Å². The van der Waals surface area contributed by atoms with Gasteiger partial charge in [-0.05, 0) is 30.7 Å². The maximum Gasteiger partial charge on any atom is 0.319 e. The smallest absolute Gasteiger partial charge is 0.319 e. The first-order valence-corrected chi connectivity index (χ1v) is 6.73. The molecule has 0 radical (unpaired) electrons. The van der Waals surface area contributed by atoms with Crippen molar-refractivity contribution in [2.75, 3.05) is 23.3 Å². The average Bonchev–Trinajstić information content (AvgIpc) is 2.44. The van der Waals surface area contributed by atoms with Crippen LogP contribution >= 0.6 is 0 Å². The lowest BCUT2D eigenvalue weighted by atomic mass is 10.1. The molecule has 0 aliphatic carbocycles. The second kappa shape index (κ2) is 6.74. The molecule has 1 fully saturated rings. The minimum Gasteiger partial charge on any atom is -0.481 e. The molecule has 112 valence electrons. The Morgan fingerprint density at radius 1 is 1.24 bits per heavy atom. The summed E-state index contributed by atoms with van der Waals surface area (Å²) < 4.78 is 0. The normalized spacial score (nSPS) is 13.5. The van der Waals surface area contributed by atoms with E-state index in [9.17, 15) is 14.4 Å². The Kier molecular flexibility index (Phi) is 4.76. The van der Waals surface area contributed by atoms with Gasteiger partial charge in [-0.1, -0.05) is 0 Å². The number of urea groups is 1. The molecule has 0 bridgehead atoms. The molecule has 1 aliphatic heterocycles. The molecule has 0 atom stereocenters. The van der Waals surface area contributed by atoms with Gasteiger partial charge in [-0.15, -0.1) is 0 Å². The van der Waals surface area contributed by atoms with Crippen LogP contribution < -0.4 is 15.5 Å². The van der Waals surface area contributed by atoms with E-state index in [0.717, 1.165) is 12.2 Å². The van der Waals surface area contributed by atoms with Crippen LogP contribution in [-0.4, -0.2) is 36.1 Å². The largest absolute Gasteiger partial charge is 0.481 e. The number of anilines is 2. The SMILES string of the molecule is O=C(O)CCCNC(=O)Nc1ccc(N2CCC2=O)cc1. The van der Waals surface area contributed by atoms with Crippen LogP contribution in [0.3, 0.4) is 0 Å². The number of carboxylic acid groups (broad SMARTS) is 1. The highest BCUT2D eigenvalue weighted by molar-refractivity contribution is 5.99. The molecule has 1 aromatic carbocycles.